The van der Waals surface area contributed by atoms with E-state index in [1.54, 1.807) is 7.11 Å². The first-order valence-electron chi connectivity index (χ1n) is 8.55. The highest BCUT2D eigenvalue weighted by Gasteiger charge is 2.20. The van der Waals surface area contributed by atoms with Crippen LogP contribution < -0.4 is 10.5 Å². The van der Waals surface area contributed by atoms with E-state index in [1.807, 2.05) is 30.3 Å². The first-order valence-corrected chi connectivity index (χ1v) is 8.55. The molecule has 2 aromatic rings. The van der Waals surface area contributed by atoms with Gasteiger partial charge in [0.2, 0.25) is 0 Å². The molecule has 1 heterocycles. The van der Waals surface area contributed by atoms with Crippen LogP contribution in [0, 0.1) is 0 Å². The summed E-state index contributed by atoms with van der Waals surface area (Å²) >= 11 is 0. The lowest BCUT2D eigenvalue weighted by Crippen LogP contribution is -2.31. The molecule has 1 saturated heterocycles. The molecular formula is C20H26N2O2. The summed E-state index contributed by atoms with van der Waals surface area (Å²) in [6.07, 6.45) is 2.62. The number of ether oxygens (including phenoxy) is 2. The van der Waals surface area contributed by atoms with Crippen molar-refractivity contribution >= 4 is 5.69 Å². The van der Waals surface area contributed by atoms with Gasteiger partial charge in [-0.25, -0.2) is 0 Å². The summed E-state index contributed by atoms with van der Waals surface area (Å²) in [5.41, 5.74) is 9.16. The number of hydrogen-bond acceptors (Lipinski definition) is 4. The van der Waals surface area contributed by atoms with Crippen LogP contribution in [0.3, 0.4) is 0 Å². The average Bonchev–Trinajstić information content (AvgIpc) is 3.08. The number of nitrogens with two attached hydrogens (primary N) is 1. The molecule has 24 heavy (non-hydrogen) atoms. The van der Waals surface area contributed by atoms with E-state index < -0.39 is 0 Å². The predicted molar refractivity (Wildman–Crippen MR) is 96.9 cm³/mol. The van der Waals surface area contributed by atoms with Gasteiger partial charge in [-0.3, -0.25) is 4.90 Å². The summed E-state index contributed by atoms with van der Waals surface area (Å²) in [6, 6.07) is 16.3. The van der Waals surface area contributed by atoms with E-state index in [1.165, 1.54) is 11.1 Å². The van der Waals surface area contributed by atoms with Crippen LogP contribution in [0.1, 0.15) is 24.0 Å². The molecule has 0 saturated carbocycles. The molecule has 1 unspecified atom stereocenters. The Labute approximate surface area is 144 Å². The predicted octanol–water partition coefficient (Wildman–Crippen LogP) is 3.46. The second-order valence-corrected chi connectivity index (χ2v) is 6.36. The summed E-state index contributed by atoms with van der Waals surface area (Å²) in [5, 5.41) is 0. The van der Waals surface area contributed by atoms with Crippen LogP contribution in [0.5, 0.6) is 5.75 Å². The first kappa shape index (κ1) is 16.8. The van der Waals surface area contributed by atoms with Gasteiger partial charge in [0.05, 0.1) is 13.2 Å². The monoisotopic (exact) mass is 326 g/mol. The molecule has 0 radical (unpaired) electrons. The minimum Gasteiger partial charge on any atom is -0.496 e. The summed E-state index contributed by atoms with van der Waals surface area (Å²) in [4.78, 5) is 2.42. The maximum Gasteiger partial charge on any atom is 0.123 e. The Kier molecular flexibility index (Phi) is 5.72. The van der Waals surface area contributed by atoms with E-state index >= 15 is 0 Å². The van der Waals surface area contributed by atoms with E-state index in [0.29, 0.717) is 6.10 Å². The van der Waals surface area contributed by atoms with E-state index in [9.17, 15) is 0 Å². The molecule has 1 atom stereocenters. The van der Waals surface area contributed by atoms with E-state index in [0.717, 1.165) is 50.5 Å². The Morgan fingerprint density at radius 3 is 2.79 bits per heavy atom. The van der Waals surface area contributed by atoms with E-state index in [4.69, 9.17) is 15.2 Å². The lowest BCUT2D eigenvalue weighted by molar-refractivity contribution is 0.0676. The Morgan fingerprint density at radius 1 is 1.17 bits per heavy atom. The SMILES string of the molecule is COc1ccccc1CN(Cc1cccc(N)c1)CC1CCCO1. The number of hydrogen-bond donors (Lipinski definition) is 1. The molecule has 1 fully saturated rings. The van der Waals surface area contributed by atoms with E-state index in [2.05, 4.69) is 23.1 Å². The van der Waals surface area contributed by atoms with Gasteiger partial charge in [0.1, 0.15) is 5.75 Å². The van der Waals surface area contributed by atoms with Gasteiger partial charge in [-0.1, -0.05) is 30.3 Å². The third-order valence-corrected chi connectivity index (χ3v) is 4.43. The molecule has 0 spiro atoms. The molecular weight excluding hydrogens is 300 g/mol. The second kappa shape index (κ2) is 8.18. The summed E-state index contributed by atoms with van der Waals surface area (Å²) in [6.45, 7) is 3.49. The van der Waals surface area contributed by atoms with Crippen molar-refractivity contribution in [3.05, 3.63) is 59.7 Å². The van der Waals surface area contributed by atoms with Gasteiger partial charge in [0.15, 0.2) is 0 Å². The fourth-order valence-corrected chi connectivity index (χ4v) is 3.29. The minimum atomic E-state index is 0.320. The molecule has 128 valence electrons. The van der Waals surface area contributed by atoms with Crippen LogP contribution in [0.4, 0.5) is 5.69 Å². The minimum absolute atomic E-state index is 0.320. The summed E-state index contributed by atoms with van der Waals surface area (Å²) in [7, 11) is 1.72. The smallest absolute Gasteiger partial charge is 0.123 e. The van der Waals surface area contributed by atoms with Gasteiger partial charge in [0.25, 0.3) is 0 Å². The molecule has 1 aliphatic rings. The average molecular weight is 326 g/mol. The van der Waals surface area contributed by atoms with Crippen molar-refractivity contribution in [2.75, 3.05) is 26.0 Å². The van der Waals surface area contributed by atoms with E-state index in [-0.39, 0.29) is 0 Å². The van der Waals surface area contributed by atoms with Crippen LogP contribution in [-0.4, -0.2) is 31.3 Å². The molecule has 3 rings (SSSR count). The molecule has 4 heteroatoms. The van der Waals surface area contributed by atoms with Gasteiger partial charge in [-0.15, -0.1) is 0 Å². The highest BCUT2D eigenvalue weighted by molar-refractivity contribution is 5.40. The number of nitrogen functional groups attached to an aromatic ring is 1. The van der Waals surface area contributed by atoms with Gasteiger partial charge in [-0.2, -0.15) is 0 Å². The zero-order chi connectivity index (χ0) is 16.8. The van der Waals surface area contributed by atoms with Gasteiger partial charge in [0, 0.05) is 37.5 Å². The summed E-state index contributed by atoms with van der Waals surface area (Å²) in [5.74, 6) is 0.933. The molecule has 2 aromatic carbocycles. The third kappa shape index (κ3) is 4.49. The standard InChI is InChI=1S/C20H26N2O2/c1-23-20-10-3-2-7-17(20)14-22(15-19-9-5-11-24-19)13-16-6-4-8-18(21)12-16/h2-4,6-8,10,12,19H,5,9,11,13-15,21H2,1H3. The second-order valence-electron chi connectivity index (χ2n) is 6.36. The number of nitrogens with zero attached hydrogens (tertiary/aromatic N) is 1. The largest absolute Gasteiger partial charge is 0.496 e. The van der Waals surface area contributed by atoms with Crippen LogP contribution in [-0.2, 0) is 17.8 Å². The lowest BCUT2D eigenvalue weighted by atomic mass is 10.1. The van der Waals surface area contributed by atoms with Gasteiger partial charge >= 0.3 is 0 Å². The number of rotatable bonds is 7. The highest BCUT2D eigenvalue weighted by atomic mass is 16.5. The number of para-hydroxylation sites is 1. The third-order valence-electron chi connectivity index (χ3n) is 4.43. The van der Waals surface area contributed by atoms with Crippen molar-refractivity contribution in [1.82, 2.24) is 4.90 Å². The number of benzene rings is 2. The topological polar surface area (TPSA) is 47.7 Å². The zero-order valence-corrected chi connectivity index (χ0v) is 14.3. The number of anilines is 1. The van der Waals surface area contributed by atoms with Crippen molar-refractivity contribution in [2.24, 2.45) is 0 Å². The van der Waals surface area contributed by atoms with Crippen LogP contribution in [0.2, 0.25) is 0 Å². The fraction of sp³-hybridized carbons (Fsp3) is 0.400. The molecule has 2 N–H and O–H groups in total. The Balaban J connectivity index is 1.75. The summed E-state index contributed by atoms with van der Waals surface area (Å²) < 4.78 is 11.3. The fourth-order valence-electron chi connectivity index (χ4n) is 3.29. The van der Waals surface area contributed by atoms with Gasteiger partial charge < -0.3 is 15.2 Å². The normalized spacial score (nSPS) is 17.3. The Bertz CT molecular complexity index is 654. The van der Waals surface area contributed by atoms with Crippen molar-refractivity contribution in [1.29, 1.82) is 0 Å². The molecule has 0 bridgehead atoms. The van der Waals surface area contributed by atoms with Crippen LogP contribution in [0.15, 0.2) is 48.5 Å². The first-order chi connectivity index (χ1) is 11.7. The number of methoxy groups -OCH3 is 1. The zero-order valence-electron chi connectivity index (χ0n) is 14.3. The lowest BCUT2D eigenvalue weighted by Gasteiger charge is -2.26. The van der Waals surface area contributed by atoms with Crippen LogP contribution in [0.25, 0.3) is 0 Å². The molecule has 0 amide bonds. The van der Waals surface area contributed by atoms with Crippen molar-refractivity contribution in [3.63, 3.8) is 0 Å². The van der Waals surface area contributed by atoms with Gasteiger partial charge in [-0.05, 0) is 36.6 Å². The Hall–Kier alpha value is -2.04. The molecule has 0 aromatic heterocycles. The van der Waals surface area contributed by atoms with Crippen molar-refractivity contribution in [2.45, 2.75) is 32.0 Å². The highest BCUT2D eigenvalue weighted by Crippen LogP contribution is 2.22. The molecule has 0 aliphatic carbocycles. The van der Waals surface area contributed by atoms with Crippen LogP contribution >= 0.6 is 0 Å². The quantitative estimate of drug-likeness (QED) is 0.792. The molecule has 1 aliphatic heterocycles. The maximum atomic E-state index is 5.93. The maximum absolute atomic E-state index is 5.93. The Morgan fingerprint density at radius 2 is 2.04 bits per heavy atom. The molecule has 4 nitrogen and oxygen atoms in total. The van der Waals surface area contributed by atoms with Crippen molar-refractivity contribution < 1.29 is 9.47 Å². The van der Waals surface area contributed by atoms with Crippen molar-refractivity contribution in [3.8, 4) is 5.75 Å².